The summed E-state index contributed by atoms with van der Waals surface area (Å²) in [6.45, 7) is 3.20. The van der Waals surface area contributed by atoms with E-state index in [9.17, 15) is 8.42 Å². The summed E-state index contributed by atoms with van der Waals surface area (Å²) in [6, 6.07) is 12.8. The van der Waals surface area contributed by atoms with E-state index in [-0.39, 0.29) is 16.9 Å². The molecule has 2 aliphatic rings. The molecule has 1 aliphatic carbocycles. The summed E-state index contributed by atoms with van der Waals surface area (Å²) in [5.74, 6) is 1.64. The monoisotopic (exact) mass is 482 g/mol. The van der Waals surface area contributed by atoms with Crippen molar-refractivity contribution in [3.05, 3.63) is 54.2 Å². The summed E-state index contributed by atoms with van der Waals surface area (Å²) in [5.41, 5.74) is 1.73. The van der Waals surface area contributed by atoms with Crippen LogP contribution in [0.5, 0.6) is 11.5 Å². The molecular formula is C27H34N2O4S. The normalized spacial score (nSPS) is 20.5. The van der Waals surface area contributed by atoms with Crippen LogP contribution in [0.3, 0.4) is 0 Å². The van der Waals surface area contributed by atoms with E-state index in [1.165, 1.54) is 23.2 Å². The Hall–Kier alpha value is -2.51. The summed E-state index contributed by atoms with van der Waals surface area (Å²) < 4.78 is 40.3. The van der Waals surface area contributed by atoms with Gasteiger partial charge in [0, 0.05) is 17.6 Å². The van der Waals surface area contributed by atoms with Crippen molar-refractivity contribution < 1.29 is 17.9 Å². The molecule has 2 unspecified atom stereocenters. The highest BCUT2D eigenvalue weighted by Gasteiger charge is 2.28. The first-order chi connectivity index (χ1) is 16.5. The Morgan fingerprint density at radius 2 is 1.71 bits per heavy atom. The second kappa shape index (κ2) is 9.62. The molecule has 0 amide bonds. The third kappa shape index (κ3) is 4.43. The first-order valence-corrected chi connectivity index (χ1v) is 13.9. The molecule has 0 spiro atoms. The Balaban J connectivity index is 1.58. The minimum absolute atomic E-state index is 0.183. The van der Waals surface area contributed by atoms with Crippen LogP contribution in [0.25, 0.3) is 10.9 Å². The number of nitrogens with one attached hydrogen (secondary N) is 1. The molecule has 182 valence electrons. The fraction of sp³-hybridized carbons (Fsp3) is 0.481. The van der Waals surface area contributed by atoms with Crippen molar-refractivity contribution in [2.75, 3.05) is 13.7 Å². The molecule has 2 aromatic carbocycles. The van der Waals surface area contributed by atoms with E-state index in [0.717, 1.165) is 48.9 Å². The van der Waals surface area contributed by atoms with E-state index in [0.29, 0.717) is 17.3 Å². The molecule has 34 heavy (non-hydrogen) atoms. The molecule has 2 atom stereocenters. The van der Waals surface area contributed by atoms with Crippen molar-refractivity contribution in [3.8, 4) is 11.5 Å². The largest absolute Gasteiger partial charge is 0.497 e. The summed E-state index contributed by atoms with van der Waals surface area (Å²) in [6.07, 6.45) is 10.2. The molecule has 1 aromatic heterocycles. The number of rotatable bonds is 7. The van der Waals surface area contributed by atoms with Gasteiger partial charge in [0.25, 0.3) is 10.0 Å². The second-order valence-corrected chi connectivity index (χ2v) is 11.4. The van der Waals surface area contributed by atoms with Crippen molar-refractivity contribution in [1.82, 2.24) is 9.29 Å². The second-order valence-electron chi connectivity index (χ2n) is 9.61. The van der Waals surface area contributed by atoms with Gasteiger partial charge < -0.3 is 14.8 Å². The van der Waals surface area contributed by atoms with Crippen molar-refractivity contribution in [2.24, 2.45) is 0 Å². The maximum absolute atomic E-state index is 13.7. The predicted octanol–water partition coefficient (Wildman–Crippen LogP) is 5.45. The first-order valence-electron chi connectivity index (χ1n) is 12.4. The molecule has 1 N–H and O–H groups in total. The number of ether oxygens (including phenoxy) is 2. The highest BCUT2D eigenvalue weighted by atomic mass is 32.2. The van der Waals surface area contributed by atoms with Crippen LogP contribution in [0.15, 0.2) is 53.6 Å². The number of hydrogen-bond acceptors (Lipinski definition) is 5. The van der Waals surface area contributed by atoms with Crippen LogP contribution in [-0.4, -0.2) is 38.2 Å². The van der Waals surface area contributed by atoms with Crippen molar-refractivity contribution in [3.63, 3.8) is 0 Å². The van der Waals surface area contributed by atoms with Crippen LogP contribution in [0.1, 0.15) is 63.4 Å². The lowest BCUT2D eigenvalue weighted by Crippen LogP contribution is -2.27. The first kappa shape index (κ1) is 23.2. The Kier molecular flexibility index (Phi) is 6.58. The lowest BCUT2D eigenvalue weighted by Gasteiger charge is -2.23. The standard InChI is InChI=1S/C27H34N2O4S/c1-19(26-9-6-16-28-26)25-18-29(34(30,31)23-13-10-20(32-2)11-14-23)27-15-12-22(17-24(25)27)33-21-7-4-3-5-8-21/h10-15,17-19,21,26,28H,3-9,16H2,1-2H3. The van der Waals surface area contributed by atoms with Gasteiger partial charge >= 0.3 is 0 Å². The van der Waals surface area contributed by atoms with Gasteiger partial charge in [0.2, 0.25) is 0 Å². The minimum Gasteiger partial charge on any atom is -0.497 e. The third-order valence-corrected chi connectivity index (χ3v) is 9.12. The zero-order valence-corrected chi connectivity index (χ0v) is 20.8. The average molecular weight is 483 g/mol. The topological polar surface area (TPSA) is 69.6 Å². The van der Waals surface area contributed by atoms with Crippen molar-refractivity contribution in [1.29, 1.82) is 0 Å². The van der Waals surface area contributed by atoms with E-state index in [1.807, 2.05) is 24.4 Å². The van der Waals surface area contributed by atoms with Gasteiger partial charge in [0.05, 0.1) is 23.6 Å². The fourth-order valence-corrected chi connectivity index (χ4v) is 6.81. The van der Waals surface area contributed by atoms with E-state index in [4.69, 9.17) is 9.47 Å². The van der Waals surface area contributed by atoms with Gasteiger partial charge in [0.1, 0.15) is 11.5 Å². The van der Waals surface area contributed by atoms with Crippen molar-refractivity contribution >= 4 is 20.9 Å². The molecule has 0 radical (unpaired) electrons. The Morgan fingerprint density at radius 3 is 2.38 bits per heavy atom. The molecule has 3 aromatic rings. The highest BCUT2D eigenvalue weighted by molar-refractivity contribution is 7.90. The summed E-state index contributed by atoms with van der Waals surface area (Å²) in [5, 5.41) is 4.54. The maximum atomic E-state index is 13.7. The Bertz CT molecular complexity index is 1240. The maximum Gasteiger partial charge on any atom is 0.268 e. The van der Waals surface area contributed by atoms with Crippen LogP contribution in [0.2, 0.25) is 0 Å². The zero-order valence-electron chi connectivity index (χ0n) is 20.0. The molecule has 2 heterocycles. The molecular weight excluding hydrogens is 448 g/mol. The molecule has 7 heteroatoms. The van der Waals surface area contributed by atoms with Crippen LogP contribution >= 0.6 is 0 Å². The van der Waals surface area contributed by atoms with Crippen molar-refractivity contribution in [2.45, 2.75) is 74.8 Å². The molecule has 2 fully saturated rings. The van der Waals surface area contributed by atoms with Gasteiger partial charge in [-0.2, -0.15) is 0 Å². The highest BCUT2D eigenvalue weighted by Crippen LogP contribution is 2.37. The van der Waals surface area contributed by atoms with Crippen LogP contribution in [0, 0.1) is 0 Å². The summed E-state index contributed by atoms with van der Waals surface area (Å²) in [4.78, 5) is 0.242. The van der Waals surface area contributed by atoms with Crippen LogP contribution in [0.4, 0.5) is 0 Å². The number of fused-ring (bicyclic) bond motifs is 1. The molecule has 1 aliphatic heterocycles. The Morgan fingerprint density at radius 1 is 0.971 bits per heavy atom. The number of methoxy groups -OCH3 is 1. The van der Waals surface area contributed by atoms with E-state index >= 15 is 0 Å². The number of aromatic nitrogens is 1. The molecule has 1 saturated heterocycles. The smallest absolute Gasteiger partial charge is 0.268 e. The molecule has 6 nitrogen and oxygen atoms in total. The number of hydrogen-bond donors (Lipinski definition) is 1. The number of nitrogens with zero attached hydrogens (tertiary/aromatic N) is 1. The van der Waals surface area contributed by atoms with Gasteiger partial charge in [-0.3, -0.25) is 0 Å². The quantitative estimate of drug-likeness (QED) is 0.485. The fourth-order valence-electron chi connectivity index (χ4n) is 5.43. The van der Waals surface area contributed by atoms with E-state index in [1.54, 1.807) is 31.4 Å². The lowest BCUT2D eigenvalue weighted by atomic mass is 9.92. The van der Waals surface area contributed by atoms with Gasteiger partial charge in [0.15, 0.2) is 0 Å². The molecule has 1 saturated carbocycles. The number of benzene rings is 2. The lowest BCUT2D eigenvalue weighted by molar-refractivity contribution is 0.155. The predicted molar refractivity (Wildman–Crippen MR) is 134 cm³/mol. The molecule has 5 rings (SSSR count). The van der Waals surface area contributed by atoms with Crippen LogP contribution in [-0.2, 0) is 10.0 Å². The van der Waals surface area contributed by atoms with Gasteiger partial charge in [-0.25, -0.2) is 12.4 Å². The molecule has 0 bridgehead atoms. The van der Waals surface area contributed by atoms with E-state index < -0.39 is 10.0 Å². The average Bonchev–Trinajstić information content (AvgIpc) is 3.53. The summed E-state index contributed by atoms with van der Waals surface area (Å²) in [7, 11) is -2.20. The third-order valence-electron chi connectivity index (χ3n) is 7.44. The Labute approximate surface area is 202 Å². The van der Waals surface area contributed by atoms with Gasteiger partial charge in [-0.05, 0) is 99.0 Å². The van der Waals surface area contributed by atoms with Gasteiger partial charge in [-0.15, -0.1) is 0 Å². The SMILES string of the molecule is COc1ccc(S(=O)(=O)n2cc(C(C)C3CCCN3)c3cc(OC4CCCCC4)ccc32)cc1. The van der Waals surface area contributed by atoms with Gasteiger partial charge in [-0.1, -0.05) is 13.3 Å². The minimum atomic E-state index is -3.77. The van der Waals surface area contributed by atoms with Crippen LogP contribution < -0.4 is 14.8 Å². The summed E-state index contributed by atoms with van der Waals surface area (Å²) >= 11 is 0. The zero-order chi connectivity index (χ0) is 23.7. The van der Waals surface area contributed by atoms with E-state index in [2.05, 4.69) is 12.2 Å².